The van der Waals surface area contributed by atoms with E-state index in [0.717, 1.165) is 33.4 Å². The summed E-state index contributed by atoms with van der Waals surface area (Å²) in [6.45, 7) is 2.01. The summed E-state index contributed by atoms with van der Waals surface area (Å²) in [5, 5.41) is 4.19. The van der Waals surface area contributed by atoms with E-state index in [0.29, 0.717) is 6.42 Å². The van der Waals surface area contributed by atoms with E-state index in [-0.39, 0.29) is 11.8 Å². The van der Waals surface area contributed by atoms with Gasteiger partial charge in [0.15, 0.2) is 5.69 Å². The van der Waals surface area contributed by atoms with Crippen LogP contribution in [0.4, 0.5) is 5.69 Å². The first-order valence-electron chi connectivity index (χ1n) is 9.52. The number of anilines is 1. The smallest absolute Gasteiger partial charge is 0.234 e. The molecule has 0 saturated carbocycles. The Morgan fingerprint density at radius 1 is 0.821 bits per heavy atom. The molecule has 0 aliphatic carbocycles. The molecule has 0 spiro atoms. The summed E-state index contributed by atoms with van der Waals surface area (Å²) < 4.78 is 0. The number of aryl methyl sites for hydroxylation is 1. The summed E-state index contributed by atoms with van der Waals surface area (Å²) in [4.78, 5) is 16.3. The van der Waals surface area contributed by atoms with Gasteiger partial charge in [-0.1, -0.05) is 66.7 Å². The zero-order valence-electron chi connectivity index (χ0n) is 15.9. The molecule has 0 unspecified atom stereocenters. The molecule has 0 atom stereocenters. The molecule has 3 heteroatoms. The number of fused-ring (bicyclic) bond motifs is 1. The lowest BCUT2D eigenvalue weighted by Crippen LogP contribution is -2.19. The lowest BCUT2D eigenvalue weighted by atomic mass is 9.88. The number of aromatic amines is 1. The Morgan fingerprint density at radius 3 is 2.11 bits per heavy atom. The second-order valence-electron chi connectivity index (χ2n) is 7.04. The quantitative estimate of drug-likeness (QED) is 0.522. The van der Waals surface area contributed by atoms with Crippen LogP contribution in [0.25, 0.3) is 10.9 Å². The first kappa shape index (κ1) is 17.9. The summed E-state index contributed by atoms with van der Waals surface area (Å²) in [6.07, 6.45) is 0.385. The van der Waals surface area contributed by atoms with E-state index < -0.39 is 0 Å². The molecule has 0 radical (unpaired) electrons. The third-order valence-corrected chi connectivity index (χ3v) is 5.00. The van der Waals surface area contributed by atoms with Crippen molar-refractivity contribution in [2.24, 2.45) is 0 Å². The predicted octanol–water partition coefficient (Wildman–Crippen LogP) is 5.12. The van der Waals surface area contributed by atoms with Crippen molar-refractivity contribution in [3.63, 3.8) is 0 Å². The maximum absolute atomic E-state index is 13.0. The maximum Gasteiger partial charge on any atom is 0.234 e. The average Bonchev–Trinajstić information content (AvgIpc) is 2.74. The molecule has 0 aliphatic heterocycles. The zero-order valence-corrected chi connectivity index (χ0v) is 15.9. The zero-order chi connectivity index (χ0) is 19.3. The Hall–Kier alpha value is -3.46. The molecule has 0 bridgehead atoms. The van der Waals surface area contributed by atoms with Crippen molar-refractivity contribution >= 4 is 22.5 Å². The molecule has 0 fully saturated rings. The minimum atomic E-state index is 0.000104. The maximum atomic E-state index is 13.0. The molecule has 28 heavy (non-hydrogen) atoms. The molecule has 138 valence electrons. The Balaban J connectivity index is 1.62. The highest BCUT2D eigenvalue weighted by atomic mass is 16.1. The van der Waals surface area contributed by atoms with Crippen molar-refractivity contribution in [1.82, 2.24) is 0 Å². The normalized spacial score (nSPS) is 10.9. The number of amides is 1. The van der Waals surface area contributed by atoms with Gasteiger partial charge in [0.25, 0.3) is 0 Å². The van der Waals surface area contributed by atoms with Gasteiger partial charge in [0.05, 0.1) is 0 Å². The molecule has 2 N–H and O–H groups in total. The van der Waals surface area contributed by atoms with Gasteiger partial charge in [-0.2, -0.15) is 0 Å². The second-order valence-corrected chi connectivity index (χ2v) is 7.04. The average molecular weight is 367 g/mol. The molecular formula is C25H23N2O+. The van der Waals surface area contributed by atoms with Gasteiger partial charge in [0.2, 0.25) is 11.4 Å². The van der Waals surface area contributed by atoms with Crippen molar-refractivity contribution in [1.29, 1.82) is 0 Å². The number of rotatable bonds is 5. The predicted molar refractivity (Wildman–Crippen MR) is 113 cm³/mol. The molecular weight excluding hydrogens is 344 g/mol. The van der Waals surface area contributed by atoms with Crippen LogP contribution in [0.1, 0.15) is 29.2 Å². The fourth-order valence-electron chi connectivity index (χ4n) is 3.59. The number of carbonyl (C=O) groups is 1. The minimum absolute atomic E-state index is 0.000104. The molecule has 1 amide bonds. The van der Waals surface area contributed by atoms with Crippen LogP contribution in [0, 0.1) is 6.92 Å². The standard InChI is InChI=1S/C25H22N2O/c1-18-15-16-21-13-8-14-23(25(21)26-18)27-24(28)17-22(19-9-4-2-5-10-19)20-11-6-3-7-12-20/h2-16,22H,17H2,1H3,(H,27,28)/p+1. The van der Waals surface area contributed by atoms with Crippen LogP contribution in [0.5, 0.6) is 0 Å². The fraction of sp³-hybridized carbons (Fsp3) is 0.120. The summed E-state index contributed by atoms with van der Waals surface area (Å²) in [7, 11) is 0. The number of benzene rings is 3. The van der Waals surface area contributed by atoms with E-state index in [9.17, 15) is 4.79 Å². The third kappa shape index (κ3) is 3.94. The van der Waals surface area contributed by atoms with Crippen LogP contribution in [0.3, 0.4) is 0 Å². The lowest BCUT2D eigenvalue weighted by Gasteiger charge is -2.18. The number of para-hydroxylation sites is 1. The van der Waals surface area contributed by atoms with Gasteiger partial charge in [0.1, 0.15) is 5.69 Å². The summed E-state index contributed by atoms with van der Waals surface area (Å²) >= 11 is 0. The highest BCUT2D eigenvalue weighted by Crippen LogP contribution is 2.29. The van der Waals surface area contributed by atoms with Crippen molar-refractivity contribution in [3.8, 4) is 0 Å². The van der Waals surface area contributed by atoms with Gasteiger partial charge in [0, 0.05) is 30.7 Å². The summed E-state index contributed by atoms with van der Waals surface area (Å²) in [5.41, 5.74) is 5.10. The van der Waals surface area contributed by atoms with E-state index >= 15 is 0 Å². The number of aromatic nitrogens is 1. The van der Waals surface area contributed by atoms with Gasteiger partial charge in [-0.3, -0.25) is 4.79 Å². The molecule has 4 aromatic rings. The van der Waals surface area contributed by atoms with E-state index in [1.807, 2.05) is 67.6 Å². The van der Waals surface area contributed by atoms with Crippen LogP contribution < -0.4 is 10.3 Å². The van der Waals surface area contributed by atoms with E-state index in [2.05, 4.69) is 40.6 Å². The largest absolute Gasteiger partial charge is 0.321 e. The molecule has 1 aromatic heterocycles. The Labute approximate surface area is 165 Å². The third-order valence-electron chi connectivity index (χ3n) is 5.00. The Morgan fingerprint density at radius 2 is 1.46 bits per heavy atom. The fourth-order valence-corrected chi connectivity index (χ4v) is 3.59. The van der Waals surface area contributed by atoms with Crippen LogP contribution in [0.15, 0.2) is 91.0 Å². The highest BCUT2D eigenvalue weighted by Gasteiger charge is 2.19. The Kier molecular flexibility index (Phi) is 5.16. The number of carbonyl (C=O) groups excluding carboxylic acids is 1. The summed E-state index contributed by atoms with van der Waals surface area (Å²) in [5.74, 6) is 0.0169. The van der Waals surface area contributed by atoms with E-state index in [4.69, 9.17) is 0 Å². The van der Waals surface area contributed by atoms with Gasteiger partial charge in [-0.15, -0.1) is 0 Å². The molecule has 4 rings (SSSR count). The van der Waals surface area contributed by atoms with Crippen LogP contribution in [-0.2, 0) is 4.79 Å². The van der Waals surface area contributed by atoms with Crippen LogP contribution in [0.2, 0.25) is 0 Å². The van der Waals surface area contributed by atoms with Gasteiger partial charge in [-0.05, 0) is 29.3 Å². The van der Waals surface area contributed by atoms with Gasteiger partial charge < -0.3 is 5.32 Å². The molecule has 3 nitrogen and oxygen atoms in total. The van der Waals surface area contributed by atoms with Crippen molar-refractivity contribution in [2.75, 3.05) is 5.32 Å². The molecule has 0 saturated heterocycles. The number of pyridine rings is 1. The minimum Gasteiger partial charge on any atom is -0.321 e. The monoisotopic (exact) mass is 367 g/mol. The lowest BCUT2D eigenvalue weighted by molar-refractivity contribution is -0.354. The van der Waals surface area contributed by atoms with Gasteiger partial charge >= 0.3 is 0 Å². The number of hydrogen-bond acceptors (Lipinski definition) is 1. The van der Waals surface area contributed by atoms with Crippen LogP contribution >= 0.6 is 0 Å². The van der Waals surface area contributed by atoms with Crippen molar-refractivity contribution in [2.45, 2.75) is 19.3 Å². The first-order valence-corrected chi connectivity index (χ1v) is 9.52. The number of hydrogen-bond donors (Lipinski definition) is 1. The Bertz CT molecular complexity index is 1050. The topological polar surface area (TPSA) is 43.2 Å². The van der Waals surface area contributed by atoms with Gasteiger partial charge in [-0.25, -0.2) is 4.98 Å². The molecule has 3 aromatic carbocycles. The number of nitrogens with one attached hydrogen (secondary N) is 2. The molecule has 1 heterocycles. The summed E-state index contributed by atoms with van der Waals surface area (Å²) in [6, 6.07) is 30.5. The SMILES string of the molecule is Cc1ccc2cccc(NC(=O)CC(c3ccccc3)c3ccccc3)c2[nH+]1. The second kappa shape index (κ2) is 8.05. The van der Waals surface area contributed by atoms with Crippen molar-refractivity contribution < 1.29 is 9.78 Å². The van der Waals surface area contributed by atoms with Crippen LogP contribution in [-0.4, -0.2) is 5.91 Å². The van der Waals surface area contributed by atoms with E-state index in [1.54, 1.807) is 0 Å². The first-order chi connectivity index (χ1) is 13.7. The van der Waals surface area contributed by atoms with Crippen molar-refractivity contribution in [3.05, 3.63) is 108 Å². The number of H-pyrrole nitrogens is 1. The molecule has 0 aliphatic rings. The van der Waals surface area contributed by atoms with E-state index in [1.165, 1.54) is 0 Å². The highest BCUT2D eigenvalue weighted by molar-refractivity contribution is 5.99.